The van der Waals surface area contributed by atoms with E-state index in [-0.39, 0.29) is 18.1 Å². The molecular formula is C15H23F3N2O. The number of halogens is 3. The third-order valence-corrected chi connectivity index (χ3v) is 3.31. The van der Waals surface area contributed by atoms with Crippen LogP contribution >= 0.6 is 0 Å². The second kappa shape index (κ2) is 6.01. The molecule has 0 unspecified atom stereocenters. The van der Waals surface area contributed by atoms with Gasteiger partial charge in [0.05, 0.1) is 19.6 Å². The van der Waals surface area contributed by atoms with Crippen LogP contribution in [-0.2, 0) is 13.1 Å². The third kappa shape index (κ3) is 6.09. The molecular weight excluding hydrogens is 281 g/mol. The lowest BCUT2D eigenvalue weighted by Crippen LogP contribution is -2.35. The number of furan rings is 1. The molecule has 0 amide bonds. The van der Waals surface area contributed by atoms with E-state index in [1.807, 2.05) is 6.07 Å². The predicted octanol–water partition coefficient (Wildman–Crippen LogP) is 3.69. The number of hydrogen-bond acceptors (Lipinski definition) is 3. The second-order valence-corrected chi connectivity index (χ2v) is 6.72. The summed E-state index contributed by atoms with van der Waals surface area (Å²) in [6.07, 6.45) is -2.48. The molecule has 1 aliphatic rings. The molecule has 1 N–H and O–H groups in total. The zero-order valence-corrected chi connectivity index (χ0v) is 12.8. The standard InChI is InChI=1S/C15H23F3N2O/c1-14(2,3)19-8-12-6-7-13(21-12)9-20(11-4-5-11)10-15(16,17)18/h6-7,11,19H,4-5,8-10H2,1-3H3. The highest BCUT2D eigenvalue weighted by atomic mass is 19.4. The largest absolute Gasteiger partial charge is 0.463 e. The van der Waals surface area contributed by atoms with Crippen LogP contribution in [0.2, 0.25) is 0 Å². The van der Waals surface area contributed by atoms with Crippen LogP contribution in [0, 0.1) is 0 Å². The summed E-state index contributed by atoms with van der Waals surface area (Å²) in [4.78, 5) is 1.46. The first-order valence-corrected chi connectivity index (χ1v) is 7.26. The van der Waals surface area contributed by atoms with Crippen LogP contribution < -0.4 is 5.32 Å². The van der Waals surface area contributed by atoms with E-state index in [4.69, 9.17) is 4.42 Å². The monoisotopic (exact) mass is 304 g/mol. The van der Waals surface area contributed by atoms with Crippen LogP contribution in [0.25, 0.3) is 0 Å². The normalized spacial score (nSPS) is 16.7. The summed E-state index contributed by atoms with van der Waals surface area (Å²) < 4.78 is 43.3. The summed E-state index contributed by atoms with van der Waals surface area (Å²) in [7, 11) is 0. The van der Waals surface area contributed by atoms with E-state index in [9.17, 15) is 13.2 Å². The molecule has 120 valence electrons. The van der Waals surface area contributed by atoms with Crippen molar-refractivity contribution in [2.45, 2.75) is 64.5 Å². The van der Waals surface area contributed by atoms with Gasteiger partial charge in [0.1, 0.15) is 11.5 Å². The van der Waals surface area contributed by atoms with E-state index in [1.165, 1.54) is 4.90 Å². The lowest BCUT2D eigenvalue weighted by atomic mass is 10.1. The number of hydrogen-bond donors (Lipinski definition) is 1. The fourth-order valence-corrected chi connectivity index (χ4v) is 2.14. The average Bonchev–Trinajstić information content (AvgIpc) is 3.05. The van der Waals surface area contributed by atoms with Gasteiger partial charge in [-0.05, 0) is 45.7 Å². The van der Waals surface area contributed by atoms with Crippen molar-refractivity contribution in [1.29, 1.82) is 0 Å². The van der Waals surface area contributed by atoms with Gasteiger partial charge in [0.15, 0.2) is 0 Å². The van der Waals surface area contributed by atoms with E-state index in [0.717, 1.165) is 18.6 Å². The molecule has 2 rings (SSSR count). The Hall–Kier alpha value is -1.01. The van der Waals surface area contributed by atoms with E-state index < -0.39 is 12.7 Å². The SMILES string of the molecule is CC(C)(C)NCc1ccc(CN(CC(F)(F)F)C2CC2)o1. The van der Waals surface area contributed by atoms with Gasteiger partial charge in [0.2, 0.25) is 0 Å². The molecule has 0 radical (unpaired) electrons. The van der Waals surface area contributed by atoms with Gasteiger partial charge in [-0.1, -0.05) is 0 Å². The summed E-state index contributed by atoms with van der Waals surface area (Å²) in [5.41, 5.74) is -0.0245. The zero-order valence-electron chi connectivity index (χ0n) is 12.8. The van der Waals surface area contributed by atoms with Gasteiger partial charge in [0.25, 0.3) is 0 Å². The number of nitrogens with one attached hydrogen (secondary N) is 1. The molecule has 1 saturated carbocycles. The van der Waals surface area contributed by atoms with Gasteiger partial charge in [-0.2, -0.15) is 13.2 Å². The zero-order chi connectivity index (χ0) is 15.7. The maximum atomic E-state index is 12.6. The Balaban J connectivity index is 1.91. The molecule has 1 aromatic rings. The molecule has 3 nitrogen and oxygen atoms in total. The fraction of sp³-hybridized carbons (Fsp3) is 0.733. The summed E-state index contributed by atoms with van der Waals surface area (Å²) in [6.45, 7) is 6.08. The molecule has 0 aliphatic heterocycles. The average molecular weight is 304 g/mol. The van der Waals surface area contributed by atoms with Crippen LogP contribution in [-0.4, -0.2) is 29.2 Å². The predicted molar refractivity (Wildman–Crippen MR) is 74.8 cm³/mol. The first-order chi connectivity index (χ1) is 9.62. The Morgan fingerprint density at radius 1 is 1.19 bits per heavy atom. The first-order valence-electron chi connectivity index (χ1n) is 7.26. The molecule has 1 aliphatic carbocycles. The number of rotatable bonds is 6. The van der Waals surface area contributed by atoms with Crippen molar-refractivity contribution in [3.8, 4) is 0 Å². The van der Waals surface area contributed by atoms with Crippen molar-refractivity contribution in [3.63, 3.8) is 0 Å². The van der Waals surface area contributed by atoms with Gasteiger partial charge in [-0.15, -0.1) is 0 Å². The van der Waals surface area contributed by atoms with Crippen molar-refractivity contribution in [3.05, 3.63) is 23.7 Å². The van der Waals surface area contributed by atoms with Crippen LogP contribution in [0.3, 0.4) is 0 Å². The Morgan fingerprint density at radius 2 is 1.81 bits per heavy atom. The summed E-state index contributed by atoms with van der Waals surface area (Å²) >= 11 is 0. The molecule has 0 aromatic carbocycles. The second-order valence-electron chi connectivity index (χ2n) is 6.72. The van der Waals surface area contributed by atoms with Crippen molar-refractivity contribution < 1.29 is 17.6 Å². The maximum Gasteiger partial charge on any atom is 0.401 e. The van der Waals surface area contributed by atoms with Gasteiger partial charge in [-0.3, -0.25) is 4.90 Å². The van der Waals surface area contributed by atoms with Crippen molar-refractivity contribution in [2.24, 2.45) is 0 Å². The topological polar surface area (TPSA) is 28.4 Å². The van der Waals surface area contributed by atoms with Crippen molar-refractivity contribution in [2.75, 3.05) is 6.54 Å². The minimum absolute atomic E-state index is 0.0245. The smallest absolute Gasteiger partial charge is 0.401 e. The quantitative estimate of drug-likeness (QED) is 0.869. The molecule has 1 aromatic heterocycles. The molecule has 0 spiro atoms. The van der Waals surface area contributed by atoms with Crippen LogP contribution in [0.15, 0.2) is 16.5 Å². The molecule has 0 bridgehead atoms. The highest BCUT2D eigenvalue weighted by Crippen LogP contribution is 2.31. The fourth-order valence-electron chi connectivity index (χ4n) is 2.14. The van der Waals surface area contributed by atoms with E-state index in [0.29, 0.717) is 12.3 Å². The van der Waals surface area contributed by atoms with E-state index in [1.54, 1.807) is 6.07 Å². The van der Waals surface area contributed by atoms with E-state index in [2.05, 4.69) is 26.1 Å². The Labute approximate surface area is 123 Å². The van der Waals surface area contributed by atoms with Gasteiger partial charge < -0.3 is 9.73 Å². The molecule has 0 saturated heterocycles. The summed E-state index contributed by atoms with van der Waals surface area (Å²) in [5, 5.41) is 3.29. The van der Waals surface area contributed by atoms with Crippen LogP contribution in [0.4, 0.5) is 13.2 Å². The summed E-state index contributed by atoms with van der Waals surface area (Å²) in [5.74, 6) is 1.35. The van der Waals surface area contributed by atoms with Gasteiger partial charge in [-0.25, -0.2) is 0 Å². The minimum atomic E-state index is -4.16. The molecule has 21 heavy (non-hydrogen) atoms. The molecule has 6 heteroatoms. The van der Waals surface area contributed by atoms with Crippen LogP contribution in [0.1, 0.15) is 45.1 Å². The molecule has 1 heterocycles. The number of nitrogens with zero attached hydrogens (tertiary/aromatic N) is 1. The highest BCUT2D eigenvalue weighted by molar-refractivity contribution is 5.08. The van der Waals surface area contributed by atoms with Crippen LogP contribution in [0.5, 0.6) is 0 Å². The van der Waals surface area contributed by atoms with Gasteiger partial charge >= 0.3 is 6.18 Å². The maximum absolute atomic E-state index is 12.6. The van der Waals surface area contributed by atoms with E-state index >= 15 is 0 Å². The Morgan fingerprint density at radius 3 is 2.33 bits per heavy atom. The third-order valence-electron chi connectivity index (χ3n) is 3.31. The lowest BCUT2D eigenvalue weighted by molar-refractivity contribution is -0.148. The van der Waals surface area contributed by atoms with Crippen molar-refractivity contribution in [1.82, 2.24) is 10.2 Å². The Kier molecular flexibility index (Phi) is 4.68. The summed E-state index contributed by atoms with van der Waals surface area (Å²) in [6, 6.07) is 3.64. The molecule has 1 fully saturated rings. The van der Waals surface area contributed by atoms with Gasteiger partial charge in [0, 0.05) is 11.6 Å². The minimum Gasteiger partial charge on any atom is -0.463 e. The lowest BCUT2D eigenvalue weighted by Gasteiger charge is -2.22. The number of alkyl halides is 3. The molecule has 0 atom stereocenters. The Bertz CT molecular complexity index is 458. The first kappa shape index (κ1) is 16.4. The van der Waals surface area contributed by atoms with Crippen molar-refractivity contribution >= 4 is 0 Å². The highest BCUT2D eigenvalue weighted by Gasteiger charge is 2.38.